The molecule has 5 nitrogen and oxygen atoms in total. The summed E-state index contributed by atoms with van der Waals surface area (Å²) in [6.45, 7) is 4.79. The molecule has 0 fully saturated rings. The van der Waals surface area contributed by atoms with Gasteiger partial charge >= 0.3 is 0 Å². The van der Waals surface area contributed by atoms with Gasteiger partial charge in [0.1, 0.15) is 11.4 Å². The summed E-state index contributed by atoms with van der Waals surface area (Å²) in [5, 5.41) is 12.4. The highest BCUT2D eigenvalue weighted by molar-refractivity contribution is 7.18. The van der Waals surface area contributed by atoms with E-state index in [4.69, 9.17) is 21.8 Å². The first-order valence-corrected chi connectivity index (χ1v) is 10.4. The molecule has 0 aliphatic carbocycles. The summed E-state index contributed by atoms with van der Waals surface area (Å²) in [5.74, 6) is 0.578. The van der Waals surface area contributed by atoms with Gasteiger partial charge in [0.25, 0.3) is 0 Å². The van der Waals surface area contributed by atoms with Crippen molar-refractivity contribution in [1.82, 2.24) is 4.90 Å². The molecule has 1 aliphatic heterocycles. The Kier molecular flexibility index (Phi) is 6.20. The molecule has 28 heavy (non-hydrogen) atoms. The van der Waals surface area contributed by atoms with Crippen LogP contribution in [0.4, 0.5) is 0 Å². The minimum atomic E-state index is -0.486. The number of thiophene rings is 1. The topological polar surface area (TPSA) is 65.8 Å². The first-order valence-electron chi connectivity index (χ1n) is 9.25. The standard InChI is InChI=1S/C21H24ClN3O2S/c1-4-25(3)20(23)15-7-5-14(6-8-15)16-13-21(2,27-24-16)12-11-17(26)18-9-10-19(22)28-18/h5-10,23H,4,11-13H2,1-3H3. The van der Waals surface area contributed by atoms with Crippen molar-refractivity contribution in [2.45, 2.75) is 38.7 Å². The maximum Gasteiger partial charge on any atom is 0.172 e. The highest BCUT2D eigenvalue weighted by atomic mass is 35.5. The number of carbonyl (C=O) groups is 1. The lowest BCUT2D eigenvalue weighted by molar-refractivity contribution is -0.0103. The van der Waals surface area contributed by atoms with E-state index >= 15 is 0 Å². The highest BCUT2D eigenvalue weighted by Crippen LogP contribution is 2.32. The van der Waals surface area contributed by atoms with Crippen molar-refractivity contribution in [3.05, 3.63) is 56.7 Å². The molecule has 0 radical (unpaired) electrons. The first kappa shape index (κ1) is 20.6. The van der Waals surface area contributed by atoms with Crippen LogP contribution >= 0.6 is 22.9 Å². The molecule has 1 N–H and O–H groups in total. The van der Waals surface area contributed by atoms with Gasteiger partial charge < -0.3 is 9.74 Å². The predicted molar refractivity (Wildman–Crippen MR) is 115 cm³/mol. The van der Waals surface area contributed by atoms with Gasteiger partial charge in [0, 0.05) is 32.0 Å². The second-order valence-corrected chi connectivity index (χ2v) is 8.94. The summed E-state index contributed by atoms with van der Waals surface area (Å²) in [5.41, 5.74) is 2.24. The fourth-order valence-electron chi connectivity index (χ4n) is 3.04. The van der Waals surface area contributed by atoms with Gasteiger partial charge in [0.2, 0.25) is 0 Å². The highest BCUT2D eigenvalue weighted by Gasteiger charge is 2.35. The quantitative estimate of drug-likeness (QED) is 0.381. The van der Waals surface area contributed by atoms with Crippen LogP contribution in [0.15, 0.2) is 41.6 Å². The molecule has 7 heteroatoms. The first-order chi connectivity index (χ1) is 13.3. The molecule has 1 aromatic carbocycles. The van der Waals surface area contributed by atoms with E-state index in [1.165, 1.54) is 11.3 Å². The molecule has 1 aliphatic rings. The Balaban J connectivity index is 1.59. The fraction of sp³-hybridized carbons (Fsp3) is 0.381. The van der Waals surface area contributed by atoms with Crippen LogP contribution in [0.5, 0.6) is 0 Å². The number of hydrogen-bond acceptors (Lipinski definition) is 5. The lowest BCUT2D eigenvalue weighted by Gasteiger charge is -2.20. The third kappa shape index (κ3) is 4.62. The van der Waals surface area contributed by atoms with Crippen molar-refractivity contribution < 1.29 is 9.63 Å². The van der Waals surface area contributed by atoms with Crippen LogP contribution in [0, 0.1) is 5.41 Å². The number of nitrogens with zero attached hydrogens (tertiary/aromatic N) is 2. The molecule has 0 saturated carbocycles. The van der Waals surface area contributed by atoms with E-state index in [0.717, 1.165) is 23.4 Å². The van der Waals surface area contributed by atoms with E-state index in [0.29, 0.717) is 34.3 Å². The van der Waals surface area contributed by atoms with E-state index in [-0.39, 0.29) is 5.78 Å². The van der Waals surface area contributed by atoms with Crippen molar-refractivity contribution in [2.75, 3.05) is 13.6 Å². The monoisotopic (exact) mass is 417 g/mol. The molecule has 0 amide bonds. The van der Waals surface area contributed by atoms with Crippen molar-refractivity contribution in [2.24, 2.45) is 5.16 Å². The van der Waals surface area contributed by atoms with Crippen LogP contribution in [-0.2, 0) is 4.84 Å². The molecular weight excluding hydrogens is 394 g/mol. The summed E-state index contributed by atoms with van der Waals surface area (Å²) in [4.78, 5) is 20.6. The Morgan fingerprint density at radius 1 is 1.32 bits per heavy atom. The summed E-state index contributed by atoms with van der Waals surface area (Å²) in [6, 6.07) is 11.3. The fourth-order valence-corrected chi connectivity index (χ4v) is 4.05. The molecule has 0 spiro atoms. The van der Waals surface area contributed by atoms with E-state index in [2.05, 4.69) is 5.16 Å². The minimum absolute atomic E-state index is 0.0816. The SMILES string of the molecule is CCN(C)C(=N)c1ccc(C2=NOC(C)(CCC(=O)c3ccc(Cl)s3)C2)cc1. The average molecular weight is 418 g/mol. The van der Waals surface area contributed by atoms with Crippen LogP contribution < -0.4 is 0 Å². The van der Waals surface area contributed by atoms with Crippen LogP contribution in [0.1, 0.15) is 53.9 Å². The lowest BCUT2D eigenvalue weighted by atomic mass is 9.90. The zero-order valence-electron chi connectivity index (χ0n) is 16.3. The second kappa shape index (κ2) is 8.45. The normalized spacial score (nSPS) is 18.5. The molecule has 2 aromatic rings. The molecule has 3 rings (SSSR count). The van der Waals surface area contributed by atoms with Crippen LogP contribution in [0.2, 0.25) is 4.34 Å². The van der Waals surface area contributed by atoms with Gasteiger partial charge in [-0.3, -0.25) is 10.2 Å². The number of oxime groups is 1. The average Bonchev–Trinajstić information content (AvgIpc) is 3.31. The van der Waals surface area contributed by atoms with E-state index in [1.54, 1.807) is 12.1 Å². The largest absolute Gasteiger partial charge is 0.389 e. The second-order valence-electron chi connectivity index (χ2n) is 7.22. The number of ketones is 1. The Bertz CT molecular complexity index is 907. The molecule has 2 heterocycles. The van der Waals surface area contributed by atoms with Gasteiger partial charge in [-0.05, 0) is 38.0 Å². The predicted octanol–water partition coefficient (Wildman–Crippen LogP) is 5.22. The van der Waals surface area contributed by atoms with Crippen molar-refractivity contribution in [3.63, 3.8) is 0 Å². The van der Waals surface area contributed by atoms with E-state index in [1.807, 2.05) is 50.1 Å². The van der Waals surface area contributed by atoms with Gasteiger partial charge in [0.15, 0.2) is 5.78 Å². The minimum Gasteiger partial charge on any atom is -0.389 e. The van der Waals surface area contributed by atoms with Crippen LogP contribution in [-0.4, -0.2) is 41.4 Å². The third-order valence-corrected chi connectivity index (χ3v) is 6.27. The Hall–Kier alpha value is -2.18. The molecular formula is C21H24ClN3O2S. The van der Waals surface area contributed by atoms with Crippen LogP contribution in [0.25, 0.3) is 0 Å². The number of amidine groups is 1. The van der Waals surface area contributed by atoms with Gasteiger partial charge in [-0.1, -0.05) is 41.0 Å². The molecule has 0 saturated heterocycles. The smallest absolute Gasteiger partial charge is 0.172 e. The summed E-state index contributed by atoms with van der Waals surface area (Å²) < 4.78 is 0.624. The molecule has 1 aromatic heterocycles. The zero-order valence-corrected chi connectivity index (χ0v) is 17.9. The number of halogens is 1. The number of carbonyl (C=O) groups excluding carboxylic acids is 1. The van der Waals surface area contributed by atoms with Gasteiger partial charge in [-0.2, -0.15) is 0 Å². The maximum atomic E-state index is 12.3. The molecule has 1 unspecified atom stereocenters. The summed E-state index contributed by atoms with van der Waals surface area (Å²) in [7, 11) is 1.90. The number of rotatable bonds is 7. The Labute approximate surface area is 174 Å². The summed E-state index contributed by atoms with van der Waals surface area (Å²) >= 11 is 7.22. The van der Waals surface area contributed by atoms with Crippen molar-refractivity contribution in [1.29, 1.82) is 5.41 Å². The van der Waals surface area contributed by atoms with E-state index in [9.17, 15) is 4.79 Å². The number of Topliss-reactive ketones (excluding diaryl/α,β-unsaturated/α-hetero) is 1. The van der Waals surface area contributed by atoms with Gasteiger partial charge in [-0.25, -0.2) is 0 Å². The Morgan fingerprint density at radius 3 is 2.64 bits per heavy atom. The Morgan fingerprint density at radius 2 is 2.04 bits per heavy atom. The lowest BCUT2D eigenvalue weighted by Crippen LogP contribution is -2.26. The van der Waals surface area contributed by atoms with Gasteiger partial charge in [0.05, 0.1) is 14.9 Å². The molecule has 0 bridgehead atoms. The van der Waals surface area contributed by atoms with Crippen molar-refractivity contribution >= 4 is 40.3 Å². The number of hydrogen-bond donors (Lipinski definition) is 1. The third-order valence-electron chi connectivity index (χ3n) is 4.99. The van der Waals surface area contributed by atoms with Gasteiger partial charge in [-0.15, -0.1) is 11.3 Å². The number of nitrogens with one attached hydrogen (secondary N) is 1. The zero-order chi connectivity index (χ0) is 20.3. The van der Waals surface area contributed by atoms with Crippen LogP contribution in [0.3, 0.4) is 0 Å². The van der Waals surface area contributed by atoms with E-state index < -0.39 is 5.60 Å². The number of benzene rings is 1. The summed E-state index contributed by atoms with van der Waals surface area (Å²) in [6.07, 6.45) is 1.64. The molecule has 148 valence electrons. The van der Waals surface area contributed by atoms with Crippen molar-refractivity contribution in [3.8, 4) is 0 Å². The molecule has 1 atom stereocenters. The maximum absolute atomic E-state index is 12.3.